The Balaban J connectivity index is 1.50. The van der Waals surface area contributed by atoms with Crippen molar-refractivity contribution >= 4 is 29.1 Å². The van der Waals surface area contributed by atoms with Crippen LogP contribution in [-0.4, -0.2) is 41.8 Å². The fraction of sp³-hybridized carbons (Fsp3) is 0.458. The third kappa shape index (κ3) is 6.40. The summed E-state index contributed by atoms with van der Waals surface area (Å²) in [5.41, 5.74) is 1.06. The summed E-state index contributed by atoms with van der Waals surface area (Å²) in [6, 6.07) is 13.5. The molecule has 1 aliphatic heterocycles. The number of likely N-dealkylation sites (tertiary alicyclic amines) is 1. The van der Waals surface area contributed by atoms with Gasteiger partial charge in [0.05, 0.1) is 18.4 Å². The Morgan fingerprint density at radius 3 is 2.39 bits per heavy atom. The molecule has 31 heavy (non-hydrogen) atoms. The first-order valence-electron chi connectivity index (χ1n) is 10.9. The molecule has 2 heterocycles. The normalized spacial score (nSPS) is 16.4. The molecule has 1 aromatic carbocycles. The van der Waals surface area contributed by atoms with Gasteiger partial charge in [0, 0.05) is 30.9 Å². The summed E-state index contributed by atoms with van der Waals surface area (Å²) < 4.78 is 0. The van der Waals surface area contributed by atoms with Gasteiger partial charge in [-0.05, 0) is 36.3 Å². The molecular weight excluding hydrogens is 410 g/mol. The number of rotatable bonds is 8. The van der Waals surface area contributed by atoms with Crippen molar-refractivity contribution in [3.63, 3.8) is 0 Å². The Hall–Kier alpha value is -2.67. The topological polar surface area (TPSA) is 78.5 Å². The van der Waals surface area contributed by atoms with E-state index in [9.17, 15) is 14.4 Å². The van der Waals surface area contributed by atoms with Crippen LogP contribution in [0.5, 0.6) is 0 Å². The van der Waals surface area contributed by atoms with E-state index >= 15 is 0 Å². The van der Waals surface area contributed by atoms with Crippen molar-refractivity contribution in [2.24, 2.45) is 0 Å². The maximum absolute atomic E-state index is 13.0. The van der Waals surface area contributed by atoms with Crippen molar-refractivity contribution in [2.75, 3.05) is 13.1 Å². The number of thiophene rings is 1. The van der Waals surface area contributed by atoms with Gasteiger partial charge in [-0.15, -0.1) is 11.3 Å². The molecule has 2 unspecified atom stereocenters. The molecule has 2 aromatic rings. The lowest BCUT2D eigenvalue weighted by molar-refractivity contribution is -0.134. The van der Waals surface area contributed by atoms with Crippen LogP contribution >= 0.6 is 11.3 Å². The van der Waals surface area contributed by atoms with Crippen LogP contribution in [0.4, 0.5) is 0 Å². The first-order chi connectivity index (χ1) is 15.0. The fourth-order valence-corrected chi connectivity index (χ4v) is 4.91. The molecule has 2 atom stereocenters. The van der Waals surface area contributed by atoms with Gasteiger partial charge in [-0.3, -0.25) is 14.4 Å². The summed E-state index contributed by atoms with van der Waals surface area (Å²) >= 11 is 1.53. The van der Waals surface area contributed by atoms with Crippen molar-refractivity contribution < 1.29 is 14.4 Å². The molecule has 0 bridgehead atoms. The molecule has 0 aliphatic carbocycles. The zero-order valence-corrected chi connectivity index (χ0v) is 19.0. The third-order valence-electron chi connectivity index (χ3n) is 5.73. The number of piperidine rings is 1. The molecule has 2 N–H and O–H groups in total. The number of nitrogens with one attached hydrogen (secondary N) is 2. The van der Waals surface area contributed by atoms with Gasteiger partial charge in [-0.2, -0.15) is 0 Å². The largest absolute Gasteiger partial charge is 0.353 e. The Labute approximate surface area is 188 Å². The van der Waals surface area contributed by atoms with E-state index in [1.54, 1.807) is 0 Å². The van der Waals surface area contributed by atoms with Crippen molar-refractivity contribution in [1.82, 2.24) is 15.5 Å². The lowest BCUT2D eigenvalue weighted by Gasteiger charge is -2.34. The Kier molecular flexibility index (Phi) is 8.23. The van der Waals surface area contributed by atoms with E-state index in [1.807, 2.05) is 59.7 Å². The van der Waals surface area contributed by atoms with E-state index in [4.69, 9.17) is 0 Å². The molecule has 1 saturated heterocycles. The average molecular weight is 442 g/mol. The monoisotopic (exact) mass is 441 g/mol. The number of benzene rings is 1. The lowest BCUT2D eigenvalue weighted by atomic mass is 9.93. The molecule has 1 aliphatic rings. The molecule has 166 valence electrons. The van der Waals surface area contributed by atoms with Crippen molar-refractivity contribution in [2.45, 2.75) is 57.5 Å². The Morgan fingerprint density at radius 2 is 1.81 bits per heavy atom. The van der Waals surface area contributed by atoms with Gasteiger partial charge in [0.25, 0.3) is 0 Å². The minimum absolute atomic E-state index is 0.0506. The molecular formula is C24H31N3O3S. The zero-order valence-electron chi connectivity index (χ0n) is 18.2. The van der Waals surface area contributed by atoms with Crippen molar-refractivity contribution in [1.29, 1.82) is 0 Å². The van der Waals surface area contributed by atoms with Gasteiger partial charge in [-0.1, -0.05) is 43.3 Å². The summed E-state index contributed by atoms with van der Waals surface area (Å²) in [7, 11) is 0. The predicted octanol–water partition coefficient (Wildman–Crippen LogP) is 3.62. The third-order valence-corrected chi connectivity index (χ3v) is 6.72. The maximum atomic E-state index is 13.0. The molecule has 7 heteroatoms. The Bertz CT molecular complexity index is 861. The highest BCUT2D eigenvalue weighted by Gasteiger charge is 2.29. The smallest absolute Gasteiger partial charge is 0.230 e. The number of carbonyl (C=O) groups is 3. The van der Waals surface area contributed by atoms with E-state index in [0.717, 1.165) is 29.7 Å². The SMILES string of the molecule is CCC(C(=O)N1CCC(NC(=O)CC(NC(C)=O)c2cccs2)CC1)c1ccccc1. The summed E-state index contributed by atoms with van der Waals surface area (Å²) in [6.07, 6.45) is 2.47. The van der Waals surface area contributed by atoms with E-state index in [1.165, 1.54) is 18.3 Å². The first-order valence-corrected chi connectivity index (χ1v) is 11.8. The van der Waals surface area contributed by atoms with E-state index in [-0.39, 0.29) is 42.1 Å². The van der Waals surface area contributed by atoms with Crippen LogP contribution in [0, 0.1) is 0 Å². The van der Waals surface area contributed by atoms with E-state index < -0.39 is 0 Å². The highest BCUT2D eigenvalue weighted by molar-refractivity contribution is 7.10. The van der Waals surface area contributed by atoms with Crippen LogP contribution in [0.25, 0.3) is 0 Å². The quantitative estimate of drug-likeness (QED) is 0.657. The first kappa shape index (κ1) is 23.0. The van der Waals surface area contributed by atoms with Crippen molar-refractivity contribution in [3.05, 3.63) is 58.3 Å². The number of nitrogens with zero attached hydrogens (tertiary/aromatic N) is 1. The number of carbonyl (C=O) groups excluding carboxylic acids is 3. The molecule has 0 saturated carbocycles. The lowest BCUT2D eigenvalue weighted by Crippen LogP contribution is -2.48. The average Bonchev–Trinajstić information content (AvgIpc) is 3.30. The second kappa shape index (κ2) is 11.1. The zero-order chi connectivity index (χ0) is 22.2. The summed E-state index contributed by atoms with van der Waals surface area (Å²) in [5, 5.41) is 7.90. The van der Waals surface area contributed by atoms with Gasteiger partial charge in [-0.25, -0.2) is 0 Å². The summed E-state index contributed by atoms with van der Waals surface area (Å²) in [4.78, 5) is 40.1. The summed E-state index contributed by atoms with van der Waals surface area (Å²) in [5.74, 6) is -0.173. The van der Waals surface area contributed by atoms with Gasteiger partial charge < -0.3 is 15.5 Å². The van der Waals surface area contributed by atoms with Gasteiger partial charge in [0.1, 0.15) is 0 Å². The van der Waals surface area contributed by atoms with Gasteiger partial charge in [0.15, 0.2) is 0 Å². The minimum Gasteiger partial charge on any atom is -0.353 e. The standard InChI is InChI=1S/C24H31N3O3S/c1-3-20(18-8-5-4-6-9-18)24(30)27-13-11-19(12-14-27)26-23(29)16-21(25-17(2)28)22-10-7-15-31-22/h4-10,15,19-21H,3,11-14,16H2,1-2H3,(H,25,28)(H,26,29). The predicted molar refractivity (Wildman–Crippen MR) is 123 cm³/mol. The van der Waals surface area contributed by atoms with Crippen LogP contribution in [0.1, 0.15) is 61.9 Å². The van der Waals surface area contributed by atoms with E-state index in [0.29, 0.717) is 13.1 Å². The molecule has 3 rings (SSSR count). The second-order valence-electron chi connectivity index (χ2n) is 8.01. The Morgan fingerprint density at radius 1 is 1.10 bits per heavy atom. The summed E-state index contributed by atoms with van der Waals surface area (Å²) in [6.45, 7) is 4.80. The number of amides is 3. The molecule has 1 aromatic heterocycles. The second-order valence-corrected chi connectivity index (χ2v) is 8.99. The van der Waals surface area contributed by atoms with Crippen LogP contribution in [0.15, 0.2) is 47.8 Å². The highest BCUT2D eigenvalue weighted by Crippen LogP contribution is 2.25. The maximum Gasteiger partial charge on any atom is 0.230 e. The highest BCUT2D eigenvalue weighted by atomic mass is 32.1. The molecule has 0 spiro atoms. The molecule has 0 radical (unpaired) electrons. The number of hydrogen-bond donors (Lipinski definition) is 2. The molecule has 1 fully saturated rings. The van der Waals surface area contributed by atoms with Gasteiger partial charge in [0.2, 0.25) is 17.7 Å². The molecule has 3 amide bonds. The van der Waals surface area contributed by atoms with Crippen LogP contribution < -0.4 is 10.6 Å². The van der Waals surface area contributed by atoms with E-state index in [2.05, 4.69) is 10.6 Å². The van der Waals surface area contributed by atoms with Crippen LogP contribution in [0.3, 0.4) is 0 Å². The molecule has 6 nitrogen and oxygen atoms in total. The number of hydrogen-bond acceptors (Lipinski definition) is 4. The van der Waals surface area contributed by atoms with Gasteiger partial charge >= 0.3 is 0 Å². The fourth-order valence-electron chi connectivity index (χ4n) is 4.13. The minimum atomic E-state index is -0.310. The van der Waals surface area contributed by atoms with Crippen LogP contribution in [-0.2, 0) is 14.4 Å². The van der Waals surface area contributed by atoms with Crippen molar-refractivity contribution in [3.8, 4) is 0 Å². The van der Waals surface area contributed by atoms with Crippen LogP contribution in [0.2, 0.25) is 0 Å².